The van der Waals surface area contributed by atoms with E-state index in [9.17, 15) is 4.79 Å². The van der Waals surface area contributed by atoms with Crippen molar-refractivity contribution in [2.24, 2.45) is 0 Å². The number of H-pyrrole nitrogens is 1. The van der Waals surface area contributed by atoms with E-state index in [1.54, 1.807) is 16.3 Å². The van der Waals surface area contributed by atoms with Crippen LogP contribution < -0.4 is 5.56 Å². The van der Waals surface area contributed by atoms with Crippen molar-refractivity contribution in [2.75, 3.05) is 6.26 Å². The van der Waals surface area contributed by atoms with Gasteiger partial charge in [-0.05, 0) is 43.8 Å². The Labute approximate surface area is 113 Å². The molecule has 1 N–H and O–H groups in total. The first-order chi connectivity index (χ1) is 7.94. The fourth-order valence-corrected chi connectivity index (χ4v) is 2.92. The monoisotopic (exact) mass is 286 g/mol. The third-order valence-corrected chi connectivity index (χ3v) is 5.08. The first-order valence-electron chi connectivity index (χ1n) is 5.20. The number of aromatic nitrogens is 2. The molecule has 0 aliphatic carbocycles. The summed E-state index contributed by atoms with van der Waals surface area (Å²) in [5.41, 5.74) is 0.00660. The van der Waals surface area contributed by atoms with Crippen molar-refractivity contribution in [1.82, 2.24) is 9.55 Å². The van der Waals surface area contributed by atoms with Gasteiger partial charge >= 0.3 is 0 Å². The number of rotatable bonds is 3. The normalized spacial score (nSPS) is 12.2. The Morgan fingerprint density at radius 1 is 1.59 bits per heavy atom. The van der Waals surface area contributed by atoms with Crippen LogP contribution in [-0.2, 0) is 6.54 Å². The molecule has 0 saturated carbocycles. The van der Waals surface area contributed by atoms with E-state index in [2.05, 4.69) is 18.8 Å². The molecule has 0 aliphatic heterocycles. The summed E-state index contributed by atoms with van der Waals surface area (Å²) in [6.45, 7) is 4.83. The summed E-state index contributed by atoms with van der Waals surface area (Å²) in [5, 5.41) is 2.63. The maximum absolute atomic E-state index is 12.3. The summed E-state index contributed by atoms with van der Waals surface area (Å²) in [6, 6.07) is 1.84. The zero-order valence-corrected chi connectivity index (χ0v) is 12.4. The van der Waals surface area contributed by atoms with E-state index in [-0.39, 0.29) is 10.3 Å². The summed E-state index contributed by atoms with van der Waals surface area (Å²) in [4.78, 5) is 16.3. The van der Waals surface area contributed by atoms with Gasteiger partial charge in [-0.2, -0.15) is 11.8 Å². The summed E-state index contributed by atoms with van der Waals surface area (Å²) in [7, 11) is 0. The number of hydrogen-bond acceptors (Lipinski definition) is 4. The van der Waals surface area contributed by atoms with E-state index < -0.39 is 0 Å². The van der Waals surface area contributed by atoms with Crippen LogP contribution in [0.3, 0.4) is 0 Å². The Morgan fingerprint density at radius 2 is 2.29 bits per heavy atom. The van der Waals surface area contributed by atoms with Crippen LogP contribution >= 0.6 is 35.3 Å². The van der Waals surface area contributed by atoms with Crippen molar-refractivity contribution < 1.29 is 0 Å². The Hall–Kier alpha value is -0.590. The molecule has 0 spiro atoms. The first-order valence-corrected chi connectivity index (χ1v) is 7.71. The van der Waals surface area contributed by atoms with E-state index in [0.29, 0.717) is 11.3 Å². The van der Waals surface area contributed by atoms with Gasteiger partial charge in [-0.15, -0.1) is 11.3 Å². The highest BCUT2D eigenvalue weighted by atomic mass is 32.2. The maximum atomic E-state index is 12.3. The number of thiophene rings is 1. The molecule has 2 aromatic rings. The minimum atomic E-state index is -0.00503. The molecule has 0 amide bonds. The van der Waals surface area contributed by atoms with Gasteiger partial charge in [0.2, 0.25) is 0 Å². The first kappa shape index (κ1) is 12.9. The lowest BCUT2D eigenvalue weighted by atomic mass is 10.2. The highest BCUT2D eigenvalue weighted by molar-refractivity contribution is 7.99. The van der Waals surface area contributed by atoms with Crippen molar-refractivity contribution in [3.8, 4) is 0 Å². The van der Waals surface area contributed by atoms with E-state index >= 15 is 0 Å². The second-order valence-electron chi connectivity index (χ2n) is 4.45. The fraction of sp³-hybridized carbons (Fsp3) is 0.455. The lowest BCUT2D eigenvalue weighted by molar-refractivity contribution is 0.545. The number of fused-ring (bicyclic) bond motifs is 1. The van der Waals surface area contributed by atoms with E-state index in [4.69, 9.17) is 12.2 Å². The molecule has 0 fully saturated rings. The van der Waals surface area contributed by atoms with E-state index in [0.717, 1.165) is 10.2 Å². The average molecular weight is 286 g/mol. The van der Waals surface area contributed by atoms with Crippen LogP contribution in [0.1, 0.15) is 13.8 Å². The highest BCUT2D eigenvalue weighted by Gasteiger charge is 2.19. The minimum Gasteiger partial charge on any atom is -0.323 e. The van der Waals surface area contributed by atoms with Crippen LogP contribution in [0.15, 0.2) is 16.2 Å². The second kappa shape index (κ2) is 4.59. The zero-order valence-electron chi connectivity index (χ0n) is 9.94. The Balaban J connectivity index is 2.62. The summed E-state index contributed by atoms with van der Waals surface area (Å²) in [6.07, 6.45) is 2.04. The molecular formula is C11H14N2OS3. The van der Waals surface area contributed by atoms with Gasteiger partial charge in [0, 0.05) is 11.3 Å². The molecule has 2 aromatic heterocycles. The zero-order chi connectivity index (χ0) is 12.6. The average Bonchev–Trinajstić information content (AvgIpc) is 2.72. The van der Waals surface area contributed by atoms with Crippen molar-refractivity contribution in [1.29, 1.82) is 0 Å². The molecule has 2 heterocycles. The molecule has 92 valence electrons. The standard InChI is InChI=1S/C11H14N2OS3/c1-11(2,16-3)6-13-9(14)7-4-5-17-8(7)12-10(13)15/h4-5H,6H2,1-3H3,(H,12,15). The van der Waals surface area contributed by atoms with Crippen LogP contribution in [0.2, 0.25) is 0 Å². The van der Waals surface area contributed by atoms with E-state index in [1.807, 2.05) is 17.7 Å². The molecule has 0 atom stereocenters. The second-order valence-corrected chi connectivity index (χ2v) is 7.26. The van der Waals surface area contributed by atoms with Gasteiger partial charge in [-0.3, -0.25) is 9.36 Å². The summed E-state index contributed by atoms with van der Waals surface area (Å²) < 4.78 is 2.16. The van der Waals surface area contributed by atoms with Gasteiger partial charge in [0.15, 0.2) is 4.77 Å². The van der Waals surface area contributed by atoms with Gasteiger partial charge in [0.05, 0.1) is 5.39 Å². The van der Waals surface area contributed by atoms with Gasteiger partial charge in [-0.25, -0.2) is 0 Å². The van der Waals surface area contributed by atoms with Gasteiger partial charge in [0.25, 0.3) is 5.56 Å². The number of nitrogens with one attached hydrogen (secondary N) is 1. The Bertz CT molecular complexity index is 651. The maximum Gasteiger partial charge on any atom is 0.263 e. The van der Waals surface area contributed by atoms with Crippen LogP contribution in [0.4, 0.5) is 0 Å². The third-order valence-electron chi connectivity index (χ3n) is 2.70. The van der Waals surface area contributed by atoms with Crippen LogP contribution in [0, 0.1) is 4.77 Å². The molecule has 2 rings (SSSR count). The quantitative estimate of drug-likeness (QED) is 0.880. The molecule has 0 aromatic carbocycles. The smallest absolute Gasteiger partial charge is 0.263 e. The number of aromatic amines is 1. The molecular weight excluding hydrogens is 272 g/mol. The van der Waals surface area contributed by atoms with Crippen molar-refractivity contribution in [3.05, 3.63) is 26.6 Å². The molecule has 3 nitrogen and oxygen atoms in total. The van der Waals surface area contributed by atoms with Gasteiger partial charge < -0.3 is 4.98 Å². The lowest BCUT2D eigenvalue weighted by Gasteiger charge is -2.22. The van der Waals surface area contributed by atoms with Gasteiger partial charge in [-0.1, -0.05) is 0 Å². The van der Waals surface area contributed by atoms with Gasteiger partial charge in [0.1, 0.15) is 4.83 Å². The predicted molar refractivity (Wildman–Crippen MR) is 78.9 cm³/mol. The van der Waals surface area contributed by atoms with Crippen LogP contribution in [-0.4, -0.2) is 20.6 Å². The third kappa shape index (κ3) is 2.48. The minimum absolute atomic E-state index is 0.00503. The molecule has 6 heteroatoms. The van der Waals surface area contributed by atoms with E-state index in [1.165, 1.54) is 11.3 Å². The Morgan fingerprint density at radius 3 is 2.94 bits per heavy atom. The number of nitrogens with zero attached hydrogens (tertiary/aromatic N) is 1. The fourth-order valence-electron chi connectivity index (χ4n) is 1.57. The van der Waals surface area contributed by atoms with Crippen LogP contribution in [0.5, 0.6) is 0 Å². The van der Waals surface area contributed by atoms with Crippen molar-refractivity contribution in [2.45, 2.75) is 25.1 Å². The molecule has 17 heavy (non-hydrogen) atoms. The largest absolute Gasteiger partial charge is 0.323 e. The Kier molecular flexibility index (Phi) is 3.47. The molecule has 0 saturated heterocycles. The number of hydrogen-bond donors (Lipinski definition) is 1. The van der Waals surface area contributed by atoms with Crippen molar-refractivity contribution in [3.63, 3.8) is 0 Å². The van der Waals surface area contributed by atoms with Crippen molar-refractivity contribution >= 4 is 45.5 Å². The summed E-state index contributed by atoms with van der Waals surface area (Å²) >= 11 is 8.49. The SMILES string of the molecule is CSC(C)(C)Cn1c(=S)[nH]c2sccc2c1=O. The predicted octanol–water partition coefficient (Wildman–Crippen LogP) is 3.26. The van der Waals surface area contributed by atoms with Crippen LogP contribution in [0.25, 0.3) is 10.2 Å². The number of thioether (sulfide) groups is 1. The highest BCUT2D eigenvalue weighted by Crippen LogP contribution is 2.23. The molecule has 0 bridgehead atoms. The molecule has 0 unspecified atom stereocenters. The summed E-state index contributed by atoms with van der Waals surface area (Å²) in [5.74, 6) is 0. The topological polar surface area (TPSA) is 37.8 Å². The molecule has 0 radical (unpaired) electrons. The molecule has 0 aliphatic rings. The lowest BCUT2D eigenvalue weighted by Crippen LogP contribution is -2.31.